The molecule has 1 aromatic rings. The van der Waals surface area contributed by atoms with Gasteiger partial charge in [-0.15, -0.1) is 0 Å². The number of benzene rings is 1. The second-order valence-corrected chi connectivity index (χ2v) is 6.66. The van der Waals surface area contributed by atoms with E-state index in [0.29, 0.717) is 4.90 Å². The van der Waals surface area contributed by atoms with E-state index in [2.05, 4.69) is 14.9 Å². The molecule has 5 nitrogen and oxygen atoms in total. The van der Waals surface area contributed by atoms with Crippen molar-refractivity contribution in [3.8, 4) is 0 Å². The quantitative estimate of drug-likeness (QED) is 0.857. The van der Waals surface area contributed by atoms with Gasteiger partial charge in [-0.25, -0.2) is 13.1 Å². The van der Waals surface area contributed by atoms with Gasteiger partial charge in [-0.05, 0) is 26.0 Å². The van der Waals surface area contributed by atoms with Crippen LogP contribution in [0.3, 0.4) is 0 Å². The fraction of sp³-hybridized carbons (Fsp3) is 0.538. The Morgan fingerprint density at radius 2 is 1.84 bits per heavy atom. The van der Waals surface area contributed by atoms with Crippen LogP contribution in [0.25, 0.3) is 0 Å². The van der Waals surface area contributed by atoms with Crippen molar-refractivity contribution in [2.24, 2.45) is 0 Å². The van der Waals surface area contributed by atoms with E-state index < -0.39 is 10.0 Å². The van der Waals surface area contributed by atoms with Crippen molar-refractivity contribution < 1.29 is 8.42 Å². The zero-order chi connectivity index (χ0) is 13.9. The lowest BCUT2D eigenvalue weighted by molar-refractivity contribution is 0.564. The predicted octanol–water partition coefficient (Wildman–Crippen LogP) is 0.783. The van der Waals surface area contributed by atoms with Crippen LogP contribution < -0.4 is 14.9 Å². The molecular weight excluding hydrogens is 262 g/mol. The summed E-state index contributed by atoms with van der Waals surface area (Å²) in [6, 6.07) is 7.08. The van der Waals surface area contributed by atoms with Gasteiger partial charge < -0.3 is 10.2 Å². The minimum absolute atomic E-state index is 0.110. The Balaban J connectivity index is 2.35. The van der Waals surface area contributed by atoms with Gasteiger partial charge >= 0.3 is 0 Å². The van der Waals surface area contributed by atoms with E-state index in [4.69, 9.17) is 0 Å². The summed E-state index contributed by atoms with van der Waals surface area (Å²) in [7, 11) is -3.45. The maximum atomic E-state index is 12.4. The number of nitrogens with one attached hydrogen (secondary N) is 2. The number of rotatable bonds is 4. The van der Waals surface area contributed by atoms with Crippen molar-refractivity contribution in [2.75, 3.05) is 31.1 Å². The van der Waals surface area contributed by atoms with Crippen molar-refractivity contribution in [2.45, 2.75) is 24.8 Å². The van der Waals surface area contributed by atoms with Crippen molar-refractivity contribution in [1.29, 1.82) is 0 Å². The van der Waals surface area contributed by atoms with Crippen LogP contribution in [-0.4, -0.2) is 40.6 Å². The Bertz CT molecular complexity index is 522. The van der Waals surface area contributed by atoms with Gasteiger partial charge in [0.25, 0.3) is 0 Å². The van der Waals surface area contributed by atoms with E-state index >= 15 is 0 Å². The fourth-order valence-electron chi connectivity index (χ4n) is 2.23. The van der Waals surface area contributed by atoms with E-state index in [9.17, 15) is 8.42 Å². The van der Waals surface area contributed by atoms with Crippen LogP contribution in [0.15, 0.2) is 29.2 Å². The zero-order valence-corrected chi connectivity index (χ0v) is 12.2. The molecule has 1 aliphatic rings. The zero-order valence-electron chi connectivity index (χ0n) is 11.4. The second kappa shape index (κ2) is 5.90. The third-order valence-corrected chi connectivity index (χ3v) is 4.71. The Morgan fingerprint density at radius 3 is 2.47 bits per heavy atom. The van der Waals surface area contributed by atoms with Crippen molar-refractivity contribution in [3.05, 3.63) is 24.3 Å². The van der Waals surface area contributed by atoms with Gasteiger partial charge in [-0.3, -0.25) is 0 Å². The van der Waals surface area contributed by atoms with Crippen molar-refractivity contribution in [1.82, 2.24) is 10.0 Å². The lowest BCUT2D eigenvalue weighted by atomic mass is 10.2. The molecule has 0 aliphatic carbocycles. The molecule has 1 fully saturated rings. The summed E-state index contributed by atoms with van der Waals surface area (Å²) in [5, 5.41) is 3.27. The minimum Gasteiger partial charge on any atom is -0.368 e. The lowest BCUT2D eigenvalue weighted by Crippen LogP contribution is -2.44. The third kappa shape index (κ3) is 3.46. The molecule has 1 heterocycles. The summed E-state index contributed by atoms with van der Waals surface area (Å²) < 4.78 is 27.4. The number of sulfonamides is 1. The smallest absolute Gasteiger partial charge is 0.242 e. The summed E-state index contributed by atoms with van der Waals surface area (Å²) in [4.78, 5) is 2.48. The van der Waals surface area contributed by atoms with E-state index in [-0.39, 0.29) is 6.04 Å². The van der Waals surface area contributed by atoms with Crippen LogP contribution in [0.2, 0.25) is 0 Å². The van der Waals surface area contributed by atoms with Gasteiger partial charge in [0.15, 0.2) is 0 Å². The molecular formula is C13H21N3O2S. The van der Waals surface area contributed by atoms with Crippen LogP contribution >= 0.6 is 0 Å². The number of para-hydroxylation sites is 1. The van der Waals surface area contributed by atoms with Crippen LogP contribution in [0.4, 0.5) is 5.69 Å². The molecule has 0 bridgehead atoms. The van der Waals surface area contributed by atoms with Gasteiger partial charge in [-0.2, -0.15) is 0 Å². The summed E-state index contributed by atoms with van der Waals surface area (Å²) >= 11 is 0. The third-order valence-electron chi connectivity index (χ3n) is 3.00. The number of hydrogen-bond acceptors (Lipinski definition) is 4. The fourth-order valence-corrected chi connectivity index (χ4v) is 3.70. The van der Waals surface area contributed by atoms with Gasteiger partial charge in [-0.1, -0.05) is 12.1 Å². The molecule has 106 valence electrons. The molecule has 0 saturated carbocycles. The van der Waals surface area contributed by atoms with Crippen molar-refractivity contribution >= 4 is 15.7 Å². The molecule has 2 rings (SSSR count). The molecule has 6 heteroatoms. The average molecular weight is 283 g/mol. The predicted molar refractivity (Wildman–Crippen MR) is 77.0 cm³/mol. The molecule has 0 atom stereocenters. The first-order valence-electron chi connectivity index (χ1n) is 6.58. The summed E-state index contributed by atoms with van der Waals surface area (Å²) in [5.41, 5.74) is 0.789. The highest BCUT2D eigenvalue weighted by atomic mass is 32.2. The normalized spacial score (nSPS) is 16.9. The molecule has 1 aliphatic heterocycles. The summed E-state index contributed by atoms with van der Waals surface area (Å²) in [5.74, 6) is 0. The molecule has 0 aromatic heterocycles. The Kier molecular flexibility index (Phi) is 4.44. The van der Waals surface area contributed by atoms with E-state index in [0.717, 1.165) is 31.9 Å². The monoisotopic (exact) mass is 283 g/mol. The highest BCUT2D eigenvalue weighted by Gasteiger charge is 2.22. The molecule has 0 radical (unpaired) electrons. The number of anilines is 1. The Morgan fingerprint density at radius 1 is 1.21 bits per heavy atom. The van der Waals surface area contributed by atoms with Gasteiger partial charge in [0, 0.05) is 32.2 Å². The highest BCUT2D eigenvalue weighted by molar-refractivity contribution is 7.89. The second-order valence-electron chi connectivity index (χ2n) is 4.98. The minimum atomic E-state index is -3.45. The summed E-state index contributed by atoms with van der Waals surface area (Å²) in [6.07, 6.45) is 0. The molecule has 0 amide bonds. The first kappa shape index (κ1) is 14.3. The summed E-state index contributed by atoms with van der Waals surface area (Å²) in [6.45, 7) is 7.07. The molecule has 0 unspecified atom stereocenters. The first-order valence-corrected chi connectivity index (χ1v) is 8.06. The maximum absolute atomic E-state index is 12.4. The van der Waals surface area contributed by atoms with Crippen molar-refractivity contribution in [3.63, 3.8) is 0 Å². The van der Waals surface area contributed by atoms with Gasteiger partial charge in [0.05, 0.1) is 5.69 Å². The number of nitrogens with zero attached hydrogens (tertiary/aromatic N) is 1. The number of piperazine rings is 1. The Labute approximate surface area is 115 Å². The molecule has 1 aromatic carbocycles. The van der Waals surface area contributed by atoms with E-state index in [1.807, 2.05) is 26.0 Å². The van der Waals surface area contributed by atoms with Crippen LogP contribution in [0.5, 0.6) is 0 Å². The first-order chi connectivity index (χ1) is 9.00. The maximum Gasteiger partial charge on any atom is 0.242 e. The average Bonchev–Trinajstić information content (AvgIpc) is 2.38. The standard InChI is InChI=1S/C13H21N3O2S/c1-11(2)15-19(17,18)13-6-4-3-5-12(13)16-9-7-14-8-10-16/h3-6,11,14-15H,7-10H2,1-2H3. The molecule has 0 spiro atoms. The largest absolute Gasteiger partial charge is 0.368 e. The molecule has 1 saturated heterocycles. The Hall–Kier alpha value is -1.11. The van der Waals surface area contributed by atoms with E-state index in [1.54, 1.807) is 12.1 Å². The van der Waals surface area contributed by atoms with E-state index in [1.165, 1.54) is 0 Å². The SMILES string of the molecule is CC(C)NS(=O)(=O)c1ccccc1N1CCNCC1. The number of hydrogen-bond donors (Lipinski definition) is 2. The highest BCUT2D eigenvalue weighted by Crippen LogP contribution is 2.25. The van der Waals surface area contributed by atoms with Crippen LogP contribution in [0, 0.1) is 0 Å². The lowest BCUT2D eigenvalue weighted by Gasteiger charge is -2.31. The van der Waals surface area contributed by atoms with Crippen LogP contribution in [-0.2, 0) is 10.0 Å². The topological polar surface area (TPSA) is 61.4 Å². The van der Waals surface area contributed by atoms with Gasteiger partial charge in [0.2, 0.25) is 10.0 Å². The van der Waals surface area contributed by atoms with Crippen LogP contribution in [0.1, 0.15) is 13.8 Å². The molecule has 19 heavy (non-hydrogen) atoms. The van der Waals surface area contributed by atoms with Gasteiger partial charge in [0.1, 0.15) is 4.90 Å². The molecule has 2 N–H and O–H groups in total.